The first-order valence-electron chi connectivity index (χ1n) is 8.86. The van der Waals surface area contributed by atoms with Crippen molar-refractivity contribution in [2.75, 3.05) is 13.1 Å². The summed E-state index contributed by atoms with van der Waals surface area (Å²) in [7, 11) is 0. The molecule has 3 aromatic rings. The molecule has 0 spiro atoms. The van der Waals surface area contributed by atoms with Crippen molar-refractivity contribution in [3.63, 3.8) is 0 Å². The Hall–Kier alpha value is -2.54. The van der Waals surface area contributed by atoms with Crippen molar-refractivity contribution in [1.29, 1.82) is 0 Å². The minimum atomic E-state index is -0.482. The van der Waals surface area contributed by atoms with E-state index in [1.54, 1.807) is 17.3 Å². The topological polar surface area (TPSA) is 63.9 Å². The third kappa shape index (κ3) is 3.39. The first-order chi connectivity index (χ1) is 12.9. The van der Waals surface area contributed by atoms with E-state index in [0.29, 0.717) is 29.1 Å². The normalized spacial score (nSPS) is 15.5. The summed E-state index contributed by atoms with van der Waals surface area (Å²) < 4.78 is 15.9. The third-order valence-electron chi connectivity index (χ3n) is 5.07. The van der Waals surface area contributed by atoms with Crippen LogP contribution in [0.15, 0.2) is 24.5 Å². The Morgan fingerprint density at radius 1 is 1.19 bits per heavy atom. The number of hydrogen-bond acceptors (Lipinski definition) is 4. The fourth-order valence-electron chi connectivity index (χ4n) is 3.48. The van der Waals surface area contributed by atoms with Gasteiger partial charge in [-0.1, -0.05) is 11.6 Å². The summed E-state index contributed by atoms with van der Waals surface area (Å²) in [6, 6.07) is 2.78. The third-order valence-corrected chi connectivity index (χ3v) is 5.27. The van der Waals surface area contributed by atoms with Crippen LogP contribution in [0.4, 0.5) is 4.39 Å². The van der Waals surface area contributed by atoms with Crippen molar-refractivity contribution in [2.45, 2.75) is 32.7 Å². The lowest BCUT2D eigenvalue weighted by Gasteiger charge is -2.32. The maximum atomic E-state index is 14.1. The molecule has 1 amide bonds. The zero-order chi connectivity index (χ0) is 19.1. The number of nitrogens with zero attached hydrogens (tertiary/aromatic N) is 5. The van der Waals surface area contributed by atoms with Gasteiger partial charge in [0.15, 0.2) is 0 Å². The largest absolute Gasteiger partial charge is 0.338 e. The molecule has 0 unspecified atom stereocenters. The van der Waals surface area contributed by atoms with Gasteiger partial charge in [-0.25, -0.2) is 14.4 Å². The van der Waals surface area contributed by atoms with Gasteiger partial charge in [0.1, 0.15) is 11.3 Å². The highest BCUT2D eigenvalue weighted by Gasteiger charge is 2.27. The molecule has 1 aliphatic rings. The summed E-state index contributed by atoms with van der Waals surface area (Å²) in [5.41, 5.74) is 2.58. The van der Waals surface area contributed by atoms with Gasteiger partial charge < -0.3 is 4.90 Å². The number of likely N-dealkylation sites (tertiary alicyclic amines) is 1. The van der Waals surface area contributed by atoms with E-state index in [1.807, 2.05) is 18.5 Å². The van der Waals surface area contributed by atoms with Crippen LogP contribution in [-0.4, -0.2) is 43.6 Å². The number of fused-ring (bicyclic) bond motifs is 1. The lowest BCUT2D eigenvalue weighted by molar-refractivity contribution is 0.0691. The summed E-state index contributed by atoms with van der Waals surface area (Å²) in [4.78, 5) is 23.7. The molecule has 3 heterocycles. The van der Waals surface area contributed by atoms with Crippen LogP contribution in [0.25, 0.3) is 11.0 Å². The monoisotopic (exact) mass is 387 g/mol. The summed E-state index contributed by atoms with van der Waals surface area (Å²) in [6.45, 7) is 4.79. The first kappa shape index (κ1) is 17.9. The van der Waals surface area contributed by atoms with Crippen molar-refractivity contribution in [3.05, 3.63) is 52.3 Å². The van der Waals surface area contributed by atoms with Crippen LogP contribution < -0.4 is 0 Å². The van der Waals surface area contributed by atoms with E-state index in [1.165, 1.54) is 12.1 Å². The van der Waals surface area contributed by atoms with Crippen LogP contribution in [0, 0.1) is 19.7 Å². The van der Waals surface area contributed by atoms with E-state index in [9.17, 15) is 9.18 Å². The molecule has 140 valence electrons. The van der Waals surface area contributed by atoms with Crippen LogP contribution in [0.5, 0.6) is 0 Å². The van der Waals surface area contributed by atoms with Gasteiger partial charge in [-0.2, -0.15) is 5.10 Å². The van der Waals surface area contributed by atoms with E-state index in [-0.39, 0.29) is 17.5 Å². The average Bonchev–Trinajstić information content (AvgIpc) is 3.08. The summed E-state index contributed by atoms with van der Waals surface area (Å²) in [5.74, 6) is -0.696. The summed E-state index contributed by atoms with van der Waals surface area (Å²) in [5, 5.41) is 4.85. The van der Waals surface area contributed by atoms with Crippen molar-refractivity contribution in [3.8, 4) is 0 Å². The number of halogens is 2. The maximum Gasteiger partial charge on any atom is 0.256 e. The molecule has 27 heavy (non-hydrogen) atoms. The van der Waals surface area contributed by atoms with Crippen LogP contribution in [0.2, 0.25) is 5.02 Å². The number of aromatic nitrogens is 4. The van der Waals surface area contributed by atoms with Gasteiger partial charge in [-0.15, -0.1) is 0 Å². The Bertz CT molecular complexity index is 1030. The van der Waals surface area contributed by atoms with Gasteiger partial charge in [-0.05, 0) is 32.8 Å². The molecule has 1 saturated heterocycles. The molecule has 0 bridgehead atoms. The van der Waals surface area contributed by atoms with Crippen LogP contribution >= 0.6 is 11.6 Å². The predicted octanol–water partition coefficient (Wildman–Crippen LogP) is 3.71. The van der Waals surface area contributed by atoms with E-state index in [0.717, 1.165) is 24.2 Å². The molecule has 0 atom stereocenters. The smallest absolute Gasteiger partial charge is 0.256 e. The maximum absolute atomic E-state index is 14.1. The second-order valence-corrected chi connectivity index (χ2v) is 7.31. The lowest BCUT2D eigenvalue weighted by Crippen LogP contribution is -2.39. The van der Waals surface area contributed by atoms with Gasteiger partial charge >= 0.3 is 0 Å². The fraction of sp³-hybridized carbons (Fsp3) is 0.368. The molecule has 2 aromatic heterocycles. The highest BCUT2D eigenvalue weighted by atomic mass is 35.5. The van der Waals surface area contributed by atoms with E-state index in [2.05, 4.69) is 15.1 Å². The Balaban J connectivity index is 1.59. The van der Waals surface area contributed by atoms with Crippen LogP contribution in [0.3, 0.4) is 0 Å². The molecule has 4 rings (SSSR count). The van der Waals surface area contributed by atoms with E-state index in [4.69, 9.17) is 11.6 Å². The molecule has 0 aliphatic carbocycles. The van der Waals surface area contributed by atoms with Gasteiger partial charge in [0, 0.05) is 25.4 Å². The highest BCUT2D eigenvalue weighted by molar-refractivity contribution is 6.30. The zero-order valence-corrected chi connectivity index (χ0v) is 15.9. The number of benzene rings is 1. The number of piperidine rings is 1. The Morgan fingerprint density at radius 3 is 2.56 bits per heavy atom. The van der Waals surface area contributed by atoms with Gasteiger partial charge in [0.05, 0.1) is 39.7 Å². The molecule has 1 aliphatic heterocycles. The molecule has 0 radical (unpaired) electrons. The number of hydrogen-bond donors (Lipinski definition) is 0. The SMILES string of the molecule is Cc1nc2cc(F)cc(C(=O)N3CCC(n4cc(Cl)cn4)CC3)c2nc1C. The molecule has 1 fully saturated rings. The fourth-order valence-corrected chi connectivity index (χ4v) is 3.62. The second-order valence-electron chi connectivity index (χ2n) is 6.88. The average molecular weight is 388 g/mol. The second kappa shape index (κ2) is 6.88. The van der Waals surface area contributed by atoms with Gasteiger partial charge in [0.25, 0.3) is 5.91 Å². The van der Waals surface area contributed by atoms with Gasteiger partial charge in [0.2, 0.25) is 0 Å². The van der Waals surface area contributed by atoms with E-state index >= 15 is 0 Å². The molecule has 0 saturated carbocycles. The summed E-state index contributed by atoms with van der Waals surface area (Å²) in [6.07, 6.45) is 4.94. The van der Waals surface area contributed by atoms with Crippen LogP contribution in [0.1, 0.15) is 40.6 Å². The van der Waals surface area contributed by atoms with Crippen molar-refractivity contribution in [2.24, 2.45) is 0 Å². The van der Waals surface area contributed by atoms with Crippen LogP contribution in [-0.2, 0) is 0 Å². The van der Waals surface area contributed by atoms with Gasteiger partial charge in [-0.3, -0.25) is 9.48 Å². The van der Waals surface area contributed by atoms with Crippen molar-refractivity contribution < 1.29 is 9.18 Å². The molecule has 8 heteroatoms. The quantitative estimate of drug-likeness (QED) is 0.672. The van der Waals surface area contributed by atoms with E-state index < -0.39 is 5.82 Å². The molecule has 6 nitrogen and oxygen atoms in total. The minimum Gasteiger partial charge on any atom is -0.338 e. The molecule has 1 aromatic carbocycles. The molecular formula is C19H19ClFN5O. The Kier molecular flexibility index (Phi) is 4.55. The number of amides is 1. The highest BCUT2D eigenvalue weighted by Crippen LogP contribution is 2.26. The molecular weight excluding hydrogens is 369 g/mol. The zero-order valence-electron chi connectivity index (χ0n) is 15.1. The minimum absolute atomic E-state index is 0.204. The molecule has 0 N–H and O–H groups in total. The Labute approximate surface area is 161 Å². The van der Waals surface area contributed by atoms with Crippen molar-refractivity contribution in [1.82, 2.24) is 24.6 Å². The number of carbonyl (C=O) groups is 1. The lowest BCUT2D eigenvalue weighted by atomic mass is 10.0. The predicted molar refractivity (Wildman–Crippen MR) is 100 cm³/mol. The first-order valence-corrected chi connectivity index (χ1v) is 9.23. The van der Waals surface area contributed by atoms with Crippen molar-refractivity contribution >= 4 is 28.5 Å². The summed E-state index contributed by atoms with van der Waals surface area (Å²) >= 11 is 5.94. The standard InChI is InChI=1S/C19H19ClFN5O/c1-11-12(2)24-18-16(7-14(21)8-17(18)23-11)19(27)25-5-3-15(4-6-25)26-10-13(20)9-22-26/h7-10,15H,3-6H2,1-2H3. The number of aryl methyl sites for hydroxylation is 2. The number of carbonyl (C=O) groups excluding carboxylic acids is 1. The number of rotatable bonds is 2. The Morgan fingerprint density at radius 2 is 1.89 bits per heavy atom.